The van der Waals surface area contributed by atoms with E-state index in [1.807, 2.05) is 11.8 Å². The molecule has 0 unspecified atom stereocenters. The molecule has 0 radical (unpaired) electrons. The van der Waals surface area contributed by atoms with E-state index in [-0.39, 0.29) is 11.7 Å². The molecule has 1 amide bonds. The summed E-state index contributed by atoms with van der Waals surface area (Å²) in [5.41, 5.74) is 1.97. The summed E-state index contributed by atoms with van der Waals surface area (Å²) in [5.74, 6) is -0.333. The van der Waals surface area contributed by atoms with Crippen molar-refractivity contribution in [2.45, 2.75) is 33.6 Å². The van der Waals surface area contributed by atoms with E-state index in [2.05, 4.69) is 18.8 Å². The number of hydrogen-bond donors (Lipinski definition) is 0. The fourth-order valence-corrected chi connectivity index (χ4v) is 2.49. The lowest BCUT2D eigenvalue weighted by Crippen LogP contribution is -2.33. The Kier molecular flexibility index (Phi) is 4.89. The van der Waals surface area contributed by atoms with Crippen molar-refractivity contribution in [2.24, 2.45) is 0 Å². The molecule has 0 saturated heterocycles. The van der Waals surface area contributed by atoms with Crippen molar-refractivity contribution < 1.29 is 9.18 Å². The second kappa shape index (κ2) is 6.66. The summed E-state index contributed by atoms with van der Waals surface area (Å²) >= 11 is 0. The topological polar surface area (TPSA) is 33.2 Å². The van der Waals surface area contributed by atoms with Gasteiger partial charge in [-0.15, -0.1) is 0 Å². The number of hydrogen-bond acceptors (Lipinski definition) is 2. The minimum Gasteiger partial charge on any atom is -0.339 e. The molecule has 0 spiro atoms. The number of halogens is 1. The minimum atomic E-state index is -0.314. The quantitative estimate of drug-likeness (QED) is 0.834. The Hall–Kier alpha value is -1.97. The van der Waals surface area contributed by atoms with Crippen LogP contribution in [0.15, 0.2) is 24.3 Å². The fraction of sp³-hybridized carbons (Fsp3) is 0.412. The maximum Gasteiger partial charge on any atom is 0.255 e. The van der Waals surface area contributed by atoms with Crippen LogP contribution in [0.5, 0.6) is 0 Å². The van der Waals surface area contributed by atoms with Gasteiger partial charge in [0, 0.05) is 18.5 Å². The van der Waals surface area contributed by atoms with E-state index in [0.717, 1.165) is 25.9 Å². The van der Waals surface area contributed by atoms with Crippen molar-refractivity contribution in [2.75, 3.05) is 13.1 Å². The van der Waals surface area contributed by atoms with Crippen LogP contribution in [0.4, 0.5) is 4.39 Å². The minimum absolute atomic E-state index is 0.0186. The van der Waals surface area contributed by atoms with Crippen LogP contribution in [-0.2, 0) is 0 Å². The van der Waals surface area contributed by atoms with Gasteiger partial charge in [0.15, 0.2) is 0 Å². The number of amides is 1. The number of pyridine rings is 1. The van der Waals surface area contributed by atoms with E-state index >= 15 is 0 Å². The lowest BCUT2D eigenvalue weighted by molar-refractivity contribution is 0.0754. The predicted molar refractivity (Wildman–Crippen MR) is 82.9 cm³/mol. The van der Waals surface area contributed by atoms with Gasteiger partial charge in [0.05, 0.1) is 16.8 Å². The van der Waals surface area contributed by atoms with Gasteiger partial charge in [0.1, 0.15) is 5.82 Å². The first-order valence-corrected chi connectivity index (χ1v) is 7.43. The number of carbonyl (C=O) groups is 1. The average molecular weight is 288 g/mol. The normalized spacial score (nSPS) is 10.9. The largest absolute Gasteiger partial charge is 0.339 e. The molecule has 4 heteroatoms. The SMILES string of the molecule is CCCN(CCC)C(=O)c1cc2cc(F)ccc2nc1C. The third kappa shape index (κ3) is 3.38. The molecule has 0 aliphatic carbocycles. The third-order valence-corrected chi connectivity index (χ3v) is 3.47. The Bertz CT molecular complexity index is 649. The number of rotatable bonds is 5. The number of nitrogens with zero attached hydrogens (tertiary/aromatic N) is 2. The van der Waals surface area contributed by atoms with E-state index in [1.54, 1.807) is 12.1 Å². The molecule has 1 heterocycles. The van der Waals surface area contributed by atoms with Gasteiger partial charge in [0.25, 0.3) is 5.91 Å². The van der Waals surface area contributed by atoms with Crippen molar-refractivity contribution in [3.8, 4) is 0 Å². The van der Waals surface area contributed by atoms with E-state index in [4.69, 9.17) is 0 Å². The molecule has 0 aliphatic heterocycles. The standard InChI is InChI=1S/C17H21FN2O/c1-4-8-20(9-5-2)17(21)15-11-13-10-14(18)6-7-16(13)19-12(15)3/h6-7,10-11H,4-5,8-9H2,1-3H3. The van der Waals surface area contributed by atoms with Gasteiger partial charge in [-0.1, -0.05) is 13.8 Å². The lowest BCUT2D eigenvalue weighted by Gasteiger charge is -2.22. The number of aromatic nitrogens is 1. The van der Waals surface area contributed by atoms with Crippen molar-refractivity contribution in [3.05, 3.63) is 41.3 Å². The molecule has 0 N–H and O–H groups in total. The van der Waals surface area contributed by atoms with Crippen LogP contribution in [0.2, 0.25) is 0 Å². The molecule has 2 rings (SSSR count). The molecule has 1 aromatic heterocycles. The Balaban J connectivity index is 2.44. The molecule has 2 aromatic rings. The van der Waals surface area contributed by atoms with Crippen molar-refractivity contribution in [3.63, 3.8) is 0 Å². The molecule has 0 aliphatic rings. The first-order valence-electron chi connectivity index (χ1n) is 7.43. The van der Waals surface area contributed by atoms with Gasteiger partial charge in [-0.2, -0.15) is 0 Å². The fourth-order valence-electron chi connectivity index (χ4n) is 2.49. The molecule has 0 atom stereocenters. The van der Waals surface area contributed by atoms with E-state index in [0.29, 0.717) is 22.2 Å². The Labute approximate surface area is 124 Å². The van der Waals surface area contributed by atoms with Crippen molar-refractivity contribution >= 4 is 16.8 Å². The summed E-state index contributed by atoms with van der Waals surface area (Å²) in [5, 5.41) is 0.664. The molecular formula is C17H21FN2O. The molecule has 0 bridgehead atoms. The number of carbonyl (C=O) groups excluding carboxylic acids is 1. The zero-order chi connectivity index (χ0) is 15.4. The van der Waals surface area contributed by atoms with Gasteiger partial charge in [0.2, 0.25) is 0 Å². The van der Waals surface area contributed by atoms with Crippen LogP contribution >= 0.6 is 0 Å². The van der Waals surface area contributed by atoms with Crippen LogP contribution in [0.3, 0.4) is 0 Å². The molecule has 0 saturated carbocycles. The highest BCUT2D eigenvalue weighted by Crippen LogP contribution is 2.19. The number of aryl methyl sites for hydroxylation is 1. The molecule has 112 valence electrons. The van der Waals surface area contributed by atoms with E-state index in [1.165, 1.54) is 12.1 Å². The zero-order valence-corrected chi connectivity index (χ0v) is 12.8. The Morgan fingerprint density at radius 3 is 2.48 bits per heavy atom. The highest BCUT2D eigenvalue weighted by Gasteiger charge is 2.18. The van der Waals surface area contributed by atoms with Crippen LogP contribution < -0.4 is 0 Å². The Morgan fingerprint density at radius 2 is 1.86 bits per heavy atom. The maximum absolute atomic E-state index is 13.3. The predicted octanol–water partition coefficient (Wildman–Crippen LogP) is 3.94. The van der Waals surface area contributed by atoms with Crippen molar-refractivity contribution in [1.82, 2.24) is 9.88 Å². The number of benzene rings is 1. The molecule has 0 fully saturated rings. The summed E-state index contributed by atoms with van der Waals surface area (Å²) < 4.78 is 13.3. The monoisotopic (exact) mass is 288 g/mol. The van der Waals surface area contributed by atoms with Crippen molar-refractivity contribution in [1.29, 1.82) is 0 Å². The van der Waals surface area contributed by atoms with Gasteiger partial charge in [-0.25, -0.2) is 4.39 Å². The lowest BCUT2D eigenvalue weighted by atomic mass is 10.1. The van der Waals surface area contributed by atoms with Crippen LogP contribution in [0.1, 0.15) is 42.7 Å². The first kappa shape index (κ1) is 15.4. The molecule has 1 aromatic carbocycles. The summed E-state index contributed by atoms with van der Waals surface area (Å²) in [4.78, 5) is 18.9. The Morgan fingerprint density at radius 1 is 1.19 bits per heavy atom. The average Bonchev–Trinajstić information content (AvgIpc) is 2.46. The second-order valence-corrected chi connectivity index (χ2v) is 5.25. The third-order valence-electron chi connectivity index (χ3n) is 3.47. The van der Waals surface area contributed by atoms with Crippen LogP contribution in [0, 0.1) is 12.7 Å². The zero-order valence-electron chi connectivity index (χ0n) is 12.8. The van der Waals surface area contributed by atoms with Gasteiger partial charge < -0.3 is 4.90 Å². The van der Waals surface area contributed by atoms with Gasteiger partial charge >= 0.3 is 0 Å². The summed E-state index contributed by atoms with van der Waals surface area (Å²) in [6.07, 6.45) is 1.83. The smallest absolute Gasteiger partial charge is 0.255 e. The number of fused-ring (bicyclic) bond motifs is 1. The second-order valence-electron chi connectivity index (χ2n) is 5.25. The summed E-state index contributed by atoms with van der Waals surface area (Å²) in [7, 11) is 0. The highest BCUT2D eigenvalue weighted by atomic mass is 19.1. The van der Waals surface area contributed by atoms with E-state index < -0.39 is 0 Å². The summed E-state index contributed by atoms with van der Waals surface area (Å²) in [6.45, 7) is 7.39. The highest BCUT2D eigenvalue weighted by molar-refractivity contribution is 5.98. The van der Waals surface area contributed by atoms with Crippen LogP contribution in [0.25, 0.3) is 10.9 Å². The van der Waals surface area contributed by atoms with Gasteiger partial charge in [-0.05, 0) is 44.0 Å². The molecular weight excluding hydrogens is 267 g/mol. The van der Waals surface area contributed by atoms with Gasteiger partial charge in [-0.3, -0.25) is 9.78 Å². The van der Waals surface area contributed by atoms with Crippen LogP contribution in [-0.4, -0.2) is 28.9 Å². The first-order chi connectivity index (χ1) is 10.1. The summed E-state index contributed by atoms with van der Waals surface area (Å²) in [6, 6.07) is 6.20. The molecule has 3 nitrogen and oxygen atoms in total. The molecule has 21 heavy (non-hydrogen) atoms. The maximum atomic E-state index is 13.3. The van der Waals surface area contributed by atoms with E-state index in [9.17, 15) is 9.18 Å².